The molecule has 1 atom stereocenters. The second-order valence-corrected chi connectivity index (χ2v) is 5.33. The molecule has 0 radical (unpaired) electrons. The van der Waals surface area contributed by atoms with Crippen molar-refractivity contribution in [3.63, 3.8) is 0 Å². The molecule has 3 nitrogen and oxygen atoms in total. The van der Waals surface area contributed by atoms with Gasteiger partial charge in [-0.2, -0.15) is 5.10 Å². The highest BCUT2D eigenvalue weighted by molar-refractivity contribution is 9.10. The summed E-state index contributed by atoms with van der Waals surface area (Å²) in [5.74, 6) is 0. The highest BCUT2D eigenvalue weighted by atomic mass is 79.9. The van der Waals surface area contributed by atoms with Crippen LogP contribution in [0.1, 0.15) is 36.2 Å². The molecule has 2 N–H and O–H groups in total. The zero-order chi connectivity index (χ0) is 13.0. The van der Waals surface area contributed by atoms with Gasteiger partial charge < -0.3 is 5.32 Å². The fourth-order valence-electron chi connectivity index (χ4n) is 1.98. The first-order valence-corrected chi connectivity index (χ1v) is 6.97. The first kappa shape index (κ1) is 13.3. The Morgan fingerprint density at radius 2 is 2.06 bits per heavy atom. The van der Waals surface area contributed by atoms with Crippen LogP contribution >= 0.6 is 15.9 Å². The Labute approximate surface area is 116 Å². The molecule has 4 heteroatoms. The monoisotopic (exact) mass is 307 g/mol. The van der Waals surface area contributed by atoms with Crippen molar-refractivity contribution in [2.45, 2.75) is 32.9 Å². The fourth-order valence-corrected chi connectivity index (χ4v) is 2.24. The molecule has 2 aromatic rings. The van der Waals surface area contributed by atoms with Gasteiger partial charge in [-0.25, -0.2) is 0 Å². The molecule has 0 amide bonds. The molecule has 0 bridgehead atoms. The number of aromatic nitrogens is 2. The molecular formula is C14H18BrN3. The molecule has 0 aliphatic heterocycles. The molecule has 0 aliphatic rings. The summed E-state index contributed by atoms with van der Waals surface area (Å²) in [6.07, 6.45) is 2.95. The largest absolute Gasteiger partial charge is 0.306 e. The predicted molar refractivity (Wildman–Crippen MR) is 77.3 cm³/mol. The second-order valence-electron chi connectivity index (χ2n) is 4.41. The first-order valence-electron chi connectivity index (χ1n) is 6.18. The zero-order valence-corrected chi connectivity index (χ0v) is 12.3. The van der Waals surface area contributed by atoms with Gasteiger partial charge in [-0.1, -0.05) is 35.0 Å². The van der Waals surface area contributed by atoms with E-state index in [-0.39, 0.29) is 0 Å². The van der Waals surface area contributed by atoms with Gasteiger partial charge in [0, 0.05) is 28.3 Å². The summed E-state index contributed by atoms with van der Waals surface area (Å²) in [4.78, 5) is 0. The van der Waals surface area contributed by atoms with Crippen molar-refractivity contribution in [3.05, 3.63) is 51.8 Å². The third-order valence-electron chi connectivity index (χ3n) is 3.15. The average Bonchev–Trinajstić information content (AvgIpc) is 2.78. The smallest absolute Gasteiger partial charge is 0.0535 e. The van der Waals surface area contributed by atoms with E-state index in [1.165, 1.54) is 11.1 Å². The molecule has 0 saturated carbocycles. The van der Waals surface area contributed by atoms with E-state index in [9.17, 15) is 0 Å². The van der Waals surface area contributed by atoms with Gasteiger partial charge in [0.15, 0.2) is 0 Å². The SMILES string of the molecule is CCC(NCc1cn[nH]c1C)c1ccc(Br)cc1. The highest BCUT2D eigenvalue weighted by Crippen LogP contribution is 2.20. The molecule has 18 heavy (non-hydrogen) atoms. The van der Waals surface area contributed by atoms with E-state index in [0.29, 0.717) is 6.04 Å². The molecule has 0 fully saturated rings. The Kier molecular flexibility index (Phi) is 4.55. The summed E-state index contributed by atoms with van der Waals surface area (Å²) < 4.78 is 1.12. The van der Waals surface area contributed by atoms with Gasteiger partial charge >= 0.3 is 0 Å². The van der Waals surface area contributed by atoms with E-state index >= 15 is 0 Å². The predicted octanol–water partition coefficient (Wildman–Crippen LogP) is 3.72. The van der Waals surface area contributed by atoms with Crippen LogP contribution in [-0.4, -0.2) is 10.2 Å². The van der Waals surface area contributed by atoms with Crippen LogP contribution in [0, 0.1) is 6.92 Å². The van der Waals surface area contributed by atoms with E-state index in [2.05, 4.69) is 62.6 Å². The van der Waals surface area contributed by atoms with Crippen LogP contribution in [0.5, 0.6) is 0 Å². The van der Waals surface area contributed by atoms with Gasteiger partial charge in [-0.05, 0) is 31.0 Å². The number of rotatable bonds is 5. The Bertz CT molecular complexity index is 490. The van der Waals surface area contributed by atoms with Crippen molar-refractivity contribution in [1.82, 2.24) is 15.5 Å². The lowest BCUT2D eigenvalue weighted by Crippen LogP contribution is -2.20. The average molecular weight is 308 g/mol. The van der Waals surface area contributed by atoms with Crippen molar-refractivity contribution >= 4 is 15.9 Å². The third kappa shape index (κ3) is 3.21. The summed E-state index contributed by atoms with van der Waals surface area (Å²) in [5, 5.41) is 10.6. The Hall–Kier alpha value is -1.13. The molecule has 1 aromatic carbocycles. The minimum Gasteiger partial charge on any atom is -0.306 e. The minimum absolute atomic E-state index is 0.382. The number of aromatic amines is 1. The normalized spacial score (nSPS) is 12.6. The van der Waals surface area contributed by atoms with E-state index < -0.39 is 0 Å². The van der Waals surface area contributed by atoms with Crippen LogP contribution in [-0.2, 0) is 6.54 Å². The number of H-pyrrole nitrogens is 1. The van der Waals surface area contributed by atoms with Crippen LogP contribution in [0.3, 0.4) is 0 Å². The van der Waals surface area contributed by atoms with Gasteiger partial charge in [0.05, 0.1) is 6.20 Å². The number of halogens is 1. The summed E-state index contributed by atoms with van der Waals surface area (Å²) in [6.45, 7) is 5.09. The maximum Gasteiger partial charge on any atom is 0.0535 e. The van der Waals surface area contributed by atoms with E-state index in [1.54, 1.807) is 0 Å². The number of benzene rings is 1. The zero-order valence-electron chi connectivity index (χ0n) is 10.7. The number of nitrogens with one attached hydrogen (secondary N) is 2. The van der Waals surface area contributed by atoms with Gasteiger partial charge in [0.25, 0.3) is 0 Å². The minimum atomic E-state index is 0.382. The van der Waals surface area contributed by atoms with E-state index in [1.807, 2.05) is 13.1 Å². The van der Waals surface area contributed by atoms with Gasteiger partial charge in [-0.15, -0.1) is 0 Å². The van der Waals surface area contributed by atoms with Crippen LogP contribution in [0.4, 0.5) is 0 Å². The molecule has 2 rings (SSSR count). The number of aryl methyl sites for hydroxylation is 1. The molecule has 0 spiro atoms. The van der Waals surface area contributed by atoms with Crippen molar-refractivity contribution < 1.29 is 0 Å². The van der Waals surface area contributed by atoms with Crippen molar-refractivity contribution in [2.24, 2.45) is 0 Å². The summed E-state index contributed by atoms with van der Waals surface area (Å²) >= 11 is 3.46. The summed E-state index contributed by atoms with van der Waals surface area (Å²) in [5.41, 5.74) is 3.68. The lowest BCUT2D eigenvalue weighted by Gasteiger charge is -2.17. The number of hydrogen-bond donors (Lipinski definition) is 2. The van der Waals surface area contributed by atoms with Crippen LogP contribution in [0.2, 0.25) is 0 Å². The van der Waals surface area contributed by atoms with Gasteiger partial charge in [0.2, 0.25) is 0 Å². The highest BCUT2D eigenvalue weighted by Gasteiger charge is 2.09. The Morgan fingerprint density at radius 3 is 2.61 bits per heavy atom. The molecule has 1 unspecified atom stereocenters. The van der Waals surface area contributed by atoms with Crippen LogP contribution < -0.4 is 5.32 Å². The third-order valence-corrected chi connectivity index (χ3v) is 3.68. The molecule has 96 valence electrons. The van der Waals surface area contributed by atoms with Crippen molar-refractivity contribution in [3.8, 4) is 0 Å². The molecule has 1 aromatic heterocycles. The lowest BCUT2D eigenvalue weighted by molar-refractivity contribution is 0.518. The molecule has 1 heterocycles. The second kappa shape index (κ2) is 6.16. The molecule has 0 aliphatic carbocycles. The summed E-state index contributed by atoms with van der Waals surface area (Å²) in [6, 6.07) is 8.87. The molecule has 0 saturated heterocycles. The van der Waals surface area contributed by atoms with Crippen molar-refractivity contribution in [1.29, 1.82) is 0 Å². The van der Waals surface area contributed by atoms with Gasteiger partial charge in [0.1, 0.15) is 0 Å². The number of nitrogens with zero attached hydrogens (tertiary/aromatic N) is 1. The molecular weight excluding hydrogens is 290 g/mol. The van der Waals surface area contributed by atoms with Gasteiger partial charge in [-0.3, -0.25) is 5.10 Å². The Morgan fingerprint density at radius 1 is 1.33 bits per heavy atom. The van der Waals surface area contributed by atoms with E-state index in [4.69, 9.17) is 0 Å². The lowest BCUT2D eigenvalue weighted by atomic mass is 10.0. The maximum atomic E-state index is 4.04. The quantitative estimate of drug-likeness (QED) is 0.884. The van der Waals surface area contributed by atoms with Crippen molar-refractivity contribution in [2.75, 3.05) is 0 Å². The van der Waals surface area contributed by atoms with E-state index in [0.717, 1.165) is 23.1 Å². The maximum absolute atomic E-state index is 4.04. The Balaban J connectivity index is 2.01. The summed E-state index contributed by atoms with van der Waals surface area (Å²) in [7, 11) is 0. The fraction of sp³-hybridized carbons (Fsp3) is 0.357. The van der Waals surface area contributed by atoms with Crippen LogP contribution in [0.15, 0.2) is 34.9 Å². The first-order chi connectivity index (χ1) is 8.70. The van der Waals surface area contributed by atoms with Crippen LogP contribution in [0.25, 0.3) is 0 Å². The number of hydrogen-bond acceptors (Lipinski definition) is 2. The standard InChI is InChI=1S/C14H18BrN3/c1-3-14(11-4-6-13(15)7-5-11)16-8-12-9-17-18-10(12)2/h4-7,9,14,16H,3,8H2,1-2H3,(H,17,18). The topological polar surface area (TPSA) is 40.7 Å².